The van der Waals surface area contributed by atoms with Gasteiger partial charge in [-0.3, -0.25) is 0 Å². The average molecular weight is 313 g/mol. The van der Waals surface area contributed by atoms with E-state index in [4.69, 9.17) is 10.0 Å². The summed E-state index contributed by atoms with van der Waals surface area (Å²) in [5.41, 5.74) is 1.14. The van der Waals surface area contributed by atoms with Crippen molar-refractivity contribution in [3.63, 3.8) is 0 Å². The maximum atomic E-state index is 11.8. The van der Waals surface area contributed by atoms with Crippen molar-refractivity contribution >= 4 is 31.1 Å². The standard InChI is InChI=1S/C12H21B2NO5S/c1-2-3-8-21(20)15-12(14(18)19)9-10-4-6-11(7-5-10)13(16)17/h4-7,12,15-19H,2-3,8-9H2,1H3/t12-,21?/m0/s1. The molecule has 21 heavy (non-hydrogen) atoms. The van der Waals surface area contributed by atoms with Gasteiger partial charge in [0.1, 0.15) is 5.75 Å². The number of nitrogens with one attached hydrogen (secondary N) is 1. The van der Waals surface area contributed by atoms with Crippen LogP contribution in [-0.4, -0.2) is 50.6 Å². The van der Waals surface area contributed by atoms with Gasteiger partial charge < -0.3 is 24.6 Å². The van der Waals surface area contributed by atoms with Crippen molar-refractivity contribution in [1.82, 2.24) is 4.72 Å². The van der Waals surface area contributed by atoms with Crippen molar-refractivity contribution in [3.05, 3.63) is 29.8 Å². The number of rotatable bonds is 9. The van der Waals surface area contributed by atoms with Gasteiger partial charge in [-0.05, 0) is 23.9 Å². The summed E-state index contributed by atoms with van der Waals surface area (Å²) >= 11 is -1.31. The van der Waals surface area contributed by atoms with Crippen LogP contribution in [0, 0.1) is 0 Å². The van der Waals surface area contributed by atoms with Gasteiger partial charge in [0.25, 0.3) is 0 Å². The first kappa shape index (κ1) is 18.5. The van der Waals surface area contributed by atoms with Crippen LogP contribution in [0.1, 0.15) is 25.3 Å². The third kappa shape index (κ3) is 6.84. The van der Waals surface area contributed by atoms with Gasteiger partial charge >= 0.3 is 14.2 Å². The molecule has 9 heteroatoms. The molecule has 5 N–H and O–H groups in total. The Hall–Kier alpha value is -0.540. The summed E-state index contributed by atoms with van der Waals surface area (Å²) in [4.78, 5) is 0. The molecule has 0 aliphatic heterocycles. The lowest BCUT2D eigenvalue weighted by Gasteiger charge is -2.19. The van der Waals surface area contributed by atoms with Crippen molar-refractivity contribution in [2.75, 3.05) is 5.75 Å². The highest BCUT2D eigenvalue weighted by Gasteiger charge is 2.28. The third-order valence-corrected chi connectivity index (χ3v) is 4.28. The van der Waals surface area contributed by atoms with Crippen LogP contribution in [0.4, 0.5) is 0 Å². The van der Waals surface area contributed by atoms with E-state index in [1.165, 1.54) is 0 Å². The topological polar surface area (TPSA) is 116 Å². The second kappa shape index (κ2) is 9.47. The van der Waals surface area contributed by atoms with Gasteiger partial charge in [0.2, 0.25) is 0 Å². The SMILES string of the molecule is CCCC[S+]([O-])N[C@@H](Cc1ccc(B(O)O)cc1)B(O)O. The molecule has 0 heterocycles. The van der Waals surface area contributed by atoms with Crippen LogP contribution >= 0.6 is 0 Å². The van der Waals surface area contributed by atoms with E-state index in [2.05, 4.69) is 4.72 Å². The summed E-state index contributed by atoms with van der Waals surface area (Å²) in [6.07, 6.45) is 2.00. The van der Waals surface area contributed by atoms with E-state index in [0.29, 0.717) is 11.2 Å². The molecule has 0 aliphatic rings. The molecular weight excluding hydrogens is 292 g/mol. The largest absolute Gasteiger partial charge is 0.598 e. The summed E-state index contributed by atoms with van der Waals surface area (Å²) in [5, 5.41) is 36.8. The predicted octanol–water partition coefficient (Wildman–Crippen LogP) is -1.66. The Morgan fingerprint density at radius 2 is 1.81 bits per heavy atom. The lowest BCUT2D eigenvalue weighted by atomic mass is 9.75. The molecule has 2 atom stereocenters. The Bertz CT molecular complexity index is 407. The molecule has 0 saturated carbocycles. The maximum Gasteiger partial charge on any atom is 0.488 e. The lowest BCUT2D eigenvalue weighted by Crippen LogP contribution is -2.48. The van der Waals surface area contributed by atoms with Crippen LogP contribution in [0.15, 0.2) is 24.3 Å². The van der Waals surface area contributed by atoms with Gasteiger partial charge in [-0.25, -0.2) is 0 Å². The first-order valence-corrected chi connectivity index (χ1v) is 8.21. The van der Waals surface area contributed by atoms with Crippen molar-refractivity contribution < 1.29 is 24.6 Å². The normalized spacial score (nSPS) is 13.8. The highest BCUT2D eigenvalue weighted by atomic mass is 32.2. The first-order chi connectivity index (χ1) is 9.93. The van der Waals surface area contributed by atoms with Gasteiger partial charge in [-0.1, -0.05) is 37.6 Å². The molecule has 116 valence electrons. The van der Waals surface area contributed by atoms with E-state index in [9.17, 15) is 14.6 Å². The molecule has 6 nitrogen and oxygen atoms in total. The molecular formula is C12H21B2NO5S. The minimum atomic E-state index is -1.63. The molecule has 1 aromatic rings. The van der Waals surface area contributed by atoms with Gasteiger partial charge in [0.05, 0.1) is 5.94 Å². The minimum Gasteiger partial charge on any atom is -0.598 e. The quantitative estimate of drug-likeness (QED) is 0.275. The number of hydrogen-bond acceptors (Lipinski definition) is 6. The first-order valence-electron chi connectivity index (χ1n) is 6.89. The smallest absolute Gasteiger partial charge is 0.488 e. The Morgan fingerprint density at radius 1 is 1.19 bits per heavy atom. The minimum absolute atomic E-state index is 0.275. The van der Waals surface area contributed by atoms with E-state index in [0.717, 1.165) is 18.4 Å². The molecule has 0 spiro atoms. The zero-order valence-electron chi connectivity index (χ0n) is 12.0. The van der Waals surface area contributed by atoms with E-state index in [1.54, 1.807) is 24.3 Å². The summed E-state index contributed by atoms with van der Waals surface area (Å²) in [5.74, 6) is -0.275. The van der Waals surface area contributed by atoms with Crippen LogP contribution < -0.4 is 10.2 Å². The predicted molar refractivity (Wildman–Crippen MR) is 85.0 cm³/mol. The van der Waals surface area contributed by atoms with Crippen LogP contribution in [0.2, 0.25) is 0 Å². The highest BCUT2D eigenvalue weighted by Crippen LogP contribution is 2.06. The van der Waals surface area contributed by atoms with Gasteiger partial charge in [0.15, 0.2) is 0 Å². The summed E-state index contributed by atoms with van der Waals surface area (Å²) in [6, 6.07) is 6.44. The summed E-state index contributed by atoms with van der Waals surface area (Å²) in [7, 11) is -3.16. The average Bonchev–Trinajstić information content (AvgIpc) is 2.44. The van der Waals surface area contributed by atoms with Gasteiger partial charge in [0, 0.05) is 11.4 Å². The molecule has 0 fully saturated rings. The Kier molecular flexibility index (Phi) is 8.35. The van der Waals surface area contributed by atoms with Gasteiger partial charge in [-0.2, -0.15) is 0 Å². The molecule has 0 saturated heterocycles. The molecule has 0 aliphatic carbocycles. The van der Waals surface area contributed by atoms with Crippen molar-refractivity contribution in [2.24, 2.45) is 0 Å². The highest BCUT2D eigenvalue weighted by molar-refractivity contribution is 7.89. The fourth-order valence-corrected chi connectivity index (χ4v) is 3.00. The van der Waals surface area contributed by atoms with Crippen LogP contribution in [-0.2, 0) is 17.8 Å². The Morgan fingerprint density at radius 3 is 2.29 bits per heavy atom. The number of unbranched alkanes of at least 4 members (excludes halogenated alkanes) is 1. The molecule has 0 aromatic heterocycles. The zero-order valence-corrected chi connectivity index (χ0v) is 12.8. The van der Waals surface area contributed by atoms with Crippen molar-refractivity contribution in [3.8, 4) is 0 Å². The molecule has 0 bridgehead atoms. The maximum absolute atomic E-state index is 11.8. The number of hydrogen-bond donors (Lipinski definition) is 5. The number of benzene rings is 1. The van der Waals surface area contributed by atoms with E-state index < -0.39 is 31.5 Å². The summed E-state index contributed by atoms with van der Waals surface area (Å²) < 4.78 is 14.5. The zero-order chi connectivity index (χ0) is 15.8. The third-order valence-electron chi connectivity index (χ3n) is 3.06. The second-order valence-electron chi connectivity index (χ2n) is 4.86. The fourth-order valence-electron chi connectivity index (χ4n) is 1.79. The molecule has 0 radical (unpaired) electrons. The van der Waals surface area contributed by atoms with Gasteiger partial charge in [-0.15, -0.1) is 4.72 Å². The van der Waals surface area contributed by atoms with Crippen molar-refractivity contribution in [1.29, 1.82) is 0 Å². The second-order valence-corrected chi connectivity index (χ2v) is 6.20. The Balaban J connectivity index is 2.61. The van der Waals surface area contributed by atoms with Crippen molar-refractivity contribution in [2.45, 2.75) is 32.1 Å². The van der Waals surface area contributed by atoms with E-state index in [-0.39, 0.29) is 6.42 Å². The lowest BCUT2D eigenvalue weighted by molar-refractivity contribution is 0.379. The molecule has 1 unspecified atom stereocenters. The van der Waals surface area contributed by atoms with Crippen LogP contribution in [0.3, 0.4) is 0 Å². The monoisotopic (exact) mass is 313 g/mol. The van der Waals surface area contributed by atoms with Crippen LogP contribution in [0.25, 0.3) is 0 Å². The molecule has 1 rings (SSSR count). The molecule has 1 aromatic carbocycles. The molecule has 0 amide bonds. The van der Waals surface area contributed by atoms with E-state index in [1.807, 2.05) is 6.92 Å². The Labute approximate surface area is 128 Å². The van der Waals surface area contributed by atoms with Crippen LogP contribution in [0.5, 0.6) is 0 Å². The van der Waals surface area contributed by atoms with E-state index >= 15 is 0 Å². The fraction of sp³-hybridized carbons (Fsp3) is 0.500. The summed E-state index contributed by atoms with van der Waals surface area (Å²) in [6.45, 7) is 1.99.